The molecule has 0 spiro atoms. The Bertz CT molecular complexity index is 591. The summed E-state index contributed by atoms with van der Waals surface area (Å²) < 4.78 is 0. The number of phenolic OH excluding ortho intramolecular Hbond substituents is 1. The lowest BCUT2D eigenvalue weighted by molar-refractivity contribution is 0.0992. The fraction of sp³-hybridized carbons (Fsp3) is 0.133. The Morgan fingerprint density at radius 3 is 2.67 bits per heavy atom. The van der Waals surface area contributed by atoms with E-state index >= 15 is 0 Å². The van der Waals surface area contributed by atoms with E-state index < -0.39 is 0 Å². The number of phenols is 1. The molecule has 3 N–H and O–H groups in total. The van der Waals surface area contributed by atoms with E-state index in [1.807, 2.05) is 13.0 Å². The van der Waals surface area contributed by atoms with Gasteiger partial charge in [-0.05, 0) is 36.2 Å². The van der Waals surface area contributed by atoms with E-state index in [-0.39, 0.29) is 18.0 Å². The molecule has 0 fully saturated rings. The number of carbonyl (C=O) groups is 1. The number of carbonyl (C=O) groups excluding carboxylic acids is 1. The predicted molar refractivity (Wildman–Crippen MR) is 71.7 cm³/mol. The molecule has 0 aliphatic carbocycles. The zero-order valence-corrected chi connectivity index (χ0v) is 10.2. The molecule has 0 bridgehead atoms. The number of hydrogen-bond donors (Lipinski definition) is 2. The quantitative estimate of drug-likeness (QED) is 0.641. The van der Waals surface area contributed by atoms with Crippen LogP contribution in [-0.4, -0.2) is 10.9 Å². The van der Waals surface area contributed by atoms with Gasteiger partial charge in [0, 0.05) is 17.7 Å². The van der Waals surface area contributed by atoms with Crippen LogP contribution in [0, 0.1) is 6.92 Å². The molecular weight excluding hydrogens is 226 g/mol. The van der Waals surface area contributed by atoms with Crippen molar-refractivity contribution in [2.45, 2.75) is 13.3 Å². The Balaban J connectivity index is 2.25. The molecule has 18 heavy (non-hydrogen) atoms. The summed E-state index contributed by atoms with van der Waals surface area (Å²) in [5, 5.41) is 9.36. The van der Waals surface area contributed by atoms with Crippen LogP contribution in [0.1, 0.15) is 21.5 Å². The van der Waals surface area contributed by atoms with Gasteiger partial charge in [-0.25, -0.2) is 0 Å². The lowest BCUT2D eigenvalue weighted by atomic mass is 9.98. The molecule has 0 saturated carbocycles. The highest BCUT2D eigenvalue weighted by Gasteiger charge is 2.11. The molecule has 0 unspecified atom stereocenters. The molecule has 2 aromatic rings. The summed E-state index contributed by atoms with van der Waals surface area (Å²) in [4.78, 5) is 12.2. The van der Waals surface area contributed by atoms with E-state index in [0.717, 1.165) is 11.1 Å². The van der Waals surface area contributed by atoms with E-state index in [1.54, 1.807) is 36.4 Å². The topological polar surface area (TPSA) is 63.3 Å². The van der Waals surface area contributed by atoms with Gasteiger partial charge in [0.25, 0.3) is 0 Å². The summed E-state index contributed by atoms with van der Waals surface area (Å²) in [7, 11) is 0. The fourth-order valence-electron chi connectivity index (χ4n) is 1.90. The highest BCUT2D eigenvalue weighted by Crippen LogP contribution is 2.19. The third-order valence-corrected chi connectivity index (χ3v) is 2.95. The van der Waals surface area contributed by atoms with Crippen LogP contribution < -0.4 is 5.73 Å². The number of nitrogen functional groups attached to an aromatic ring is 1. The van der Waals surface area contributed by atoms with E-state index in [1.165, 1.54) is 0 Å². The lowest BCUT2D eigenvalue weighted by Crippen LogP contribution is -2.07. The molecule has 3 heteroatoms. The molecule has 2 rings (SSSR count). The van der Waals surface area contributed by atoms with Gasteiger partial charge in [-0.1, -0.05) is 24.3 Å². The Morgan fingerprint density at radius 1 is 1.22 bits per heavy atom. The molecule has 0 saturated heterocycles. The molecule has 0 aliphatic heterocycles. The molecule has 0 aromatic heterocycles. The van der Waals surface area contributed by atoms with E-state index in [9.17, 15) is 9.90 Å². The van der Waals surface area contributed by atoms with Gasteiger partial charge in [-0.2, -0.15) is 0 Å². The van der Waals surface area contributed by atoms with Gasteiger partial charge < -0.3 is 10.8 Å². The smallest absolute Gasteiger partial charge is 0.167 e. The van der Waals surface area contributed by atoms with Gasteiger partial charge in [-0.3, -0.25) is 4.79 Å². The Morgan fingerprint density at radius 2 is 1.94 bits per heavy atom. The highest BCUT2D eigenvalue weighted by atomic mass is 16.3. The highest BCUT2D eigenvalue weighted by molar-refractivity contribution is 5.99. The van der Waals surface area contributed by atoms with Crippen LogP contribution in [-0.2, 0) is 6.42 Å². The second-order valence-corrected chi connectivity index (χ2v) is 4.29. The number of nitrogens with two attached hydrogens (primary N) is 1. The molecule has 0 aliphatic rings. The van der Waals surface area contributed by atoms with Crippen molar-refractivity contribution in [1.29, 1.82) is 0 Å². The van der Waals surface area contributed by atoms with Gasteiger partial charge >= 0.3 is 0 Å². The molecule has 3 nitrogen and oxygen atoms in total. The minimum absolute atomic E-state index is 0.00500. The molecular formula is C15H15NO2. The van der Waals surface area contributed by atoms with E-state index in [2.05, 4.69) is 0 Å². The summed E-state index contributed by atoms with van der Waals surface area (Å²) in [5.74, 6) is 0.176. The SMILES string of the molecule is Cc1c(N)cccc1C(=O)Cc1cccc(O)c1. The average molecular weight is 241 g/mol. The van der Waals surface area contributed by atoms with Crippen LogP contribution in [0.15, 0.2) is 42.5 Å². The first-order valence-corrected chi connectivity index (χ1v) is 5.74. The lowest BCUT2D eigenvalue weighted by Gasteiger charge is -2.07. The van der Waals surface area contributed by atoms with Gasteiger partial charge in [0.1, 0.15) is 5.75 Å². The predicted octanol–water partition coefficient (Wildman–Crippen LogP) is 2.71. The van der Waals surface area contributed by atoms with Crippen molar-refractivity contribution in [2.24, 2.45) is 0 Å². The number of aromatic hydroxyl groups is 1. The second kappa shape index (κ2) is 4.92. The molecule has 2 aromatic carbocycles. The largest absolute Gasteiger partial charge is 0.508 e. The summed E-state index contributed by atoms with van der Waals surface area (Å²) >= 11 is 0. The zero-order valence-electron chi connectivity index (χ0n) is 10.2. The van der Waals surface area contributed by atoms with Crippen molar-refractivity contribution >= 4 is 11.5 Å². The Labute approximate surface area is 106 Å². The Kier molecular flexibility index (Phi) is 3.33. The zero-order chi connectivity index (χ0) is 13.1. The van der Waals surface area contributed by atoms with Gasteiger partial charge in [-0.15, -0.1) is 0 Å². The fourth-order valence-corrected chi connectivity index (χ4v) is 1.90. The summed E-state index contributed by atoms with van der Waals surface area (Å²) in [6.07, 6.45) is 0.263. The van der Waals surface area contributed by atoms with E-state index in [0.29, 0.717) is 11.3 Å². The first-order chi connectivity index (χ1) is 8.58. The van der Waals surface area contributed by atoms with Crippen LogP contribution >= 0.6 is 0 Å². The first kappa shape index (κ1) is 12.2. The van der Waals surface area contributed by atoms with Crippen molar-refractivity contribution in [2.75, 3.05) is 5.73 Å². The van der Waals surface area contributed by atoms with Gasteiger partial charge in [0.15, 0.2) is 5.78 Å². The normalized spacial score (nSPS) is 10.3. The molecule has 0 amide bonds. The number of benzene rings is 2. The molecule has 0 atom stereocenters. The van der Waals surface area contributed by atoms with Crippen LogP contribution in [0.5, 0.6) is 5.75 Å². The third-order valence-electron chi connectivity index (χ3n) is 2.95. The average Bonchev–Trinajstić information content (AvgIpc) is 2.32. The minimum atomic E-state index is 0.00500. The summed E-state index contributed by atoms with van der Waals surface area (Å²) in [5.41, 5.74) is 8.64. The first-order valence-electron chi connectivity index (χ1n) is 5.74. The van der Waals surface area contributed by atoms with Crippen LogP contribution in [0.3, 0.4) is 0 Å². The molecule has 0 heterocycles. The summed E-state index contributed by atoms with van der Waals surface area (Å²) in [6, 6.07) is 12.1. The number of ketones is 1. The molecule has 92 valence electrons. The number of hydrogen-bond acceptors (Lipinski definition) is 3. The number of anilines is 1. The summed E-state index contributed by atoms with van der Waals surface area (Å²) in [6.45, 7) is 1.84. The number of rotatable bonds is 3. The van der Waals surface area contributed by atoms with Crippen molar-refractivity contribution in [3.8, 4) is 5.75 Å². The van der Waals surface area contributed by atoms with Gasteiger partial charge in [0.05, 0.1) is 0 Å². The van der Waals surface area contributed by atoms with Gasteiger partial charge in [0.2, 0.25) is 0 Å². The van der Waals surface area contributed by atoms with Crippen molar-refractivity contribution in [3.63, 3.8) is 0 Å². The van der Waals surface area contributed by atoms with Crippen molar-refractivity contribution in [3.05, 3.63) is 59.2 Å². The maximum absolute atomic E-state index is 12.2. The Hall–Kier alpha value is -2.29. The minimum Gasteiger partial charge on any atom is -0.508 e. The van der Waals surface area contributed by atoms with E-state index in [4.69, 9.17) is 5.73 Å². The van der Waals surface area contributed by atoms with Crippen molar-refractivity contribution in [1.82, 2.24) is 0 Å². The molecule has 0 radical (unpaired) electrons. The second-order valence-electron chi connectivity index (χ2n) is 4.29. The monoisotopic (exact) mass is 241 g/mol. The number of Topliss-reactive ketones (excluding diaryl/α,β-unsaturated/α-hetero) is 1. The van der Waals surface area contributed by atoms with Crippen molar-refractivity contribution < 1.29 is 9.90 Å². The maximum atomic E-state index is 12.2. The van der Waals surface area contributed by atoms with Crippen LogP contribution in [0.2, 0.25) is 0 Å². The van der Waals surface area contributed by atoms with Crippen LogP contribution in [0.4, 0.5) is 5.69 Å². The standard InChI is InChI=1S/C15H15NO2/c1-10-13(6-3-7-14(10)16)15(18)9-11-4-2-5-12(17)8-11/h2-8,17H,9,16H2,1H3. The third kappa shape index (κ3) is 2.51. The van der Waals surface area contributed by atoms with Crippen LogP contribution in [0.25, 0.3) is 0 Å². The maximum Gasteiger partial charge on any atom is 0.167 e.